The van der Waals surface area contributed by atoms with Crippen LogP contribution in [0.25, 0.3) is 0 Å². The standard InChI is InChI=1S/C26H44O22/c27-1-6(32)17-18(45-25-20(13(35)9(4-30)42-25)47-23-15(37)11(33)7(2-28)41-23)16(38)24(44-17)48-21-14(36)10(5-31)43-26(21)46-19-12(34)8(3-29)40-22(19)39/h6-39H,1-5H2/t6-,7+,8+,9+,10+,11+,12+,13+,14+,15-,16-,17+,18-,19-,20-,21-,22+,23+,24+,25+,26-/m1/s1. The number of hydrogen-bond donors (Lipinski definition) is 13. The van der Waals surface area contributed by atoms with Gasteiger partial charge in [0.15, 0.2) is 31.5 Å². The van der Waals surface area contributed by atoms with Gasteiger partial charge in [0, 0.05) is 0 Å². The Morgan fingerprint density at radius 3 is 1.27 bits per heavy atom. The van der Waals surface area contributed by atoms with Crippen LogP contribution >= 0.6 is 0 Å². The molecule has 280 valence electrons. The van der Waals surface area contributed by atoms with E-state index in [1.54, 1.807) is 0 Å². The van der Waals surface area contributed by atoms with Crippen molar-refractivity contribution in [2.75, 3.05) is 33.0 Å². The minimum absolute atomic E-state index is 0.671. The lowest BCUT2D eigenvalue weighted by Crippen LogP contribution is -2.49. The molecule has 5 saturated heterocycles. The first-order chi connectivity index (χ1) is 22.9. The summed E-state index contributed by atoms with van der Waals surface area (Å²) in [4.78, 5) is 0. The van der Waals surface area contributed by atoms with Crippen molar-refractivity contribution < 1.29 is 109 Å². The van der Waals surface area contributed by atoms with E-state index in [2.05, 4.69) is 0 Å². The molecule has 22 nitrogen and oxygen atoms in total. The fourth-order valence-electron chi connectivity index (χ4n) is 6.18. The average Bonchev–Trinajstić information content (AvgIpc) is 3.82. The van der Waals surface area contributed by atoms with Gasteiger partial charge in [-0.05, 0) is 0 Å². The minimum atomic E-state index is -1.88. The topological polar surface area (TPSA) is 346 Å². The highest BCUT2D eigenvalue weighted by Gasteiger charge is 2.58. The average molecular weight is 709 g/mol. The van der Waals surface area contributed by atoms with Crippen LogP contribution in [-0.2, 0) is 42.6 Å². The fourth-order valence-corrected chi connectivity index (χ4v) is 6.18. The smallest absolute Gasteiger partial charge is 0.187 e. The molecule has 22 heteroatoms. The number of aliphatic hydroxyl groups excluding tert-OH is 13. The summed E-state index contributed by atoms with van der Waals surface area (Å²) in [5, 5.41) is 132. The largest absolute Gasteiger partial charge is 0.394 e. The van der Waals surface area contributed by atoms with Crippen molar-refractivity contribution in [3.63, 3.8) is 0 Å². The lowest BCUT2D eigenvalue weighted by atomic mass is 10.1. The van der Waals surface area contributed by atoms with E-state index in [9.17, 15) is 66.4 Å². The van der Waals surface area contributed by atoms with E-state index in [0.29, 0.717) is 0 Å². The van der Waals surface area contributed by atoms with E-state index in [-0.39, 0.29) is 0 Å². The molecule has 0 unspecified atom stereocenters. The molecule has 0 bridgehead atoms. The van der Waals surface area contributed by atoms with Crippen LogP contribution in [0.3, 0.4) is 0 Å². The van der Waals surface area contributed by atoms with Gasteiger partial charge >= 0.3 is 0 Å². The summed E-state index contributed by atoms with van der Waals surface area (Å²) < 4.78 is 49.8. The lowest BCUT2D eigenvalue weighted by Gasteiger charge is -2.30. The van der Waals surface area contributed by atoms with Crippen molar-refractivity contribution >= 4 is 0 Å². The Morgan fingerprint density at radius 2 is 0.812 bits per heavy atom. The highest BCUT2D eigenvalue weighted by atomic mass is 16.8. The molecule has 0 aromatic carbocycles. The third-order valence-electron chi connectivity index (χ3n) is 8.90. The van der Waals surface area contributed by atoms with Crippen LogP contribution in [0.15, 0.2) is 0 Å². The van der Waals surface area contributed by atoms with E-state index >= 15 is 0 Å². The molecule has 5 aliphatic heterocycles. The second-order valence-corrected chi connectivity index (χ2v) is 12.0. The van der Waals surface area contributed by atoms with Crippen LogP contribution in [0.4, 0.5) is 0 Å². The maximum atomic E-state index is 11.3. The van der Waals surface area contributed by atoms with E-state index in [0.717, 1.165) is 0 Å². The van der Waals surface area contributed by atoms with Crippen molar-refractivity contribution in [3.05, 3.63) is 0 Å². The molecule has 21 atom stereocenters. The predicted octanol–water partition coefficient (Wildman–Crippen LogP) is -9.37. The van der Waals surface area contributed by atoms with Gasteiger partial charge in [0.25, 0.3) is 0 Å². The Bertz CT molecular complexity index is 1010. The molecule has 0 spiro atoms. The number of aliphatic hydroxyl groups is 13. The summed E-state index contributed by atoms with van der Waals surface area (Å²) in [7, 11) is 0. The SMILES string of the molecule is OC[C@@H](O)[C@@H]1O[C@@H](O[C@H]2[C@@H](O[C@@H]3[C@@H](O)[C@H](CO)O[C@@H]3O)O[C@@H](CO)[C@@H]2O)[C@H](O)[C@H]1O[C@@H]1O[C@@H](CO)[C@H](O)[C@H]1O[C@@H]1O[C@@H](CO)[C@H](O)[C@H]1O. The molecule has 0 amide bonds. The number of rotatable bonds is 14. The van der Waals surface area contributed by atoms with Gasteiger partial charge in [0.05, 0.1) is 33.0 Å². The highest BCUT2D eigenvalue weighted by molar-refractivity contribution is 4.98. The van der Waals surface area contributed by atoms with E-state index in [4.69, 9.17) is 42.6 Å². The van der Waals surface area contributed by atoms with Crippen molar-refractivity contribution in [2.24, 2.45) is 0 Å². The summed E-state index contributed by atoms with van der Waals surface area (Å²) >= 11 is 0. The molecule has 0 aromatic heterocycles. The van der Waals surface area contributed by atoms with E-state index in [1.807, 2.05) is 0 Å². The monoisotopic (exact) mass is 708 g/mol. The molecule has 0 aromatic rings. The Labute approximate surface area is 271 Å². The summed E-state index contributed by atoms with van der Waals surface area (Å²) in [6, 6.07) is 0. The zero-order chi connectivity index (χ0) is 35.0. The molecule has 13 N–H and O–H groups in total. The molecule has 0 radical (unpaired) electrons. The Morgan fingerprint density at radius 1 is 0.417 bits per heavy atom. The van der Waals surface area contributed by atoms with Gasteiger partial charge in [-0.3, -0.25) is 0 Å². The van der Waals surface area contributed by atoms with Crippen LogP contribution in [-0.4, -0.2) is 229 Å². The highest BCUT2D eigenvalue weighted by Crippen LogP contribution is 2.37. The van der Waals surface area contributed by atoms with E-state index < -0.39 is 162 Å². The molecule has 5 aliphatic rings. The second-order valence-electron chi connectivity index (χ2n) is 12.0. The summed E-state index contributed by atoms with van der Waals surface area (Å²) in [5.74, 6) is 0. The van der Waals surface area contributed by atoms with Gasteiger partial charge < -0.3 is 109 Å². The zero-order valence-electron chi connectivity index (χ0n) is 25.1. The first-order valence-corrected chi connectivity index (χ1v) is 15.3. The van der Waals surface area contributed by atoms with Crippen LogP contribution < -0.4 is 0 Å². The third kappa shape index (κ3) is 7.38. The van der Waals surface area contributed by atoms with Gasteiger partial charge in [-0.2, -0.15) is 0 Å². The van der Waals surface area contributed by atoms with Crippen LogP contribution in [0.5, 0.6) is 0 Å². The molecule has 5 heterocycles. The van der Waals surface area contributed by atoms with Gasteiger partial charge in [0.2, 0.25) is 0 Å². The molecule has 48 heavy (non-hydrogen) atoms. The Kier molecular flexibility index (Phi) is 12.9. The van der Waals surface area contributed by atoms with Crippen molar-refractivity contribution in [1.29, 1.82) is 0 Å². The van der Waals surface area contributed by atoms with Gasteiger partial charge in [-0.25, -0.2) is 0 Å². The number of hydrogen-bond acceptors (Lipinski definition) is 22. The molecular weight excluding hydrogens is 664 g/mol. The van der Waals surface area contributed by atoms with Gasteiger partial charge in [0.1, 0.15) is 97.7 Å². The zero-order valence-corrected chi connectivity index (χ0v) is 25.1. The normalized spacial score (nSPS) is 51.7. The number of ether oxygens (including phenoxy) is 9. The second kappa shape index (κ2) is 16.2. The molecular formula is C26H44O22. The first-order valence-electron chi connectivity index (χ1n) is 15.3. The fraction of sp³-hybridized carbons (Fsp3) is 1.00. The summed E-state index contributed by atoms with van der Waals surface area (Å²) in [5.41, 5.74) is 0. The maximum Gasteiger partial charge on any atom is 0.187 e. The van der Waals surface area contributed by atoms with Crippen molar-refractivity contribution in [2.45, 2.75) is 129 Å². The predicted molar refractivity (Wildman–Crippen MR) is 142 cm³/mol. The van der Waals surface area contributed by atoms with Crippen molar-refractivity contribution in [1.82, 2.24) is 0 Å². The van der Waals surface area contributed by atoms with Crippen LogP contribution in [0, 0.1) is 0 Å². The van der Waals surface area contributed by atoms with Crippen LogP contribution in [0.1, 0.15) is 0 Å². The molecule has 0 aliphatic carbocycles. The van der Waals surface area contributed by atoms with E-state index in [1.165, 1.54) is 0 Å². The van der Waals surface area contributed by atoms with Gasteiger partial charge in [-0.15, -0.1) is 0 Å². The molecule has 5 fully saturated rings. The maximum absolute atomic E-state index is 11.3. The van der Waals surface area contributed by atoms with Gasteiger partial charge in [-0.1, -0.05) is 0 Å². The Balaban J connectivity index is 1.32. The van der Waals surface area contributed by atoms with Crippen LogP contribution in [0.2, 0.25) is 0 Å². The Hall–Kier alpha value is -0.880. The summed E-state index contributed by atoms with van der Waals surface area (Å²) in [6.07, 6.45) is -33.3. The van der Waals surface area contributed by atoms with Crippen molar-refractivity contribution in [3.8, 4) is 0 Å². The first kappa shape index (κ1) is 38.4. The minimum Gasteiger partial charge on any atom is -0.394 e. The summed E-state index contributed by atoms with van der Waals surface area (Å²) in [6.45, 7) is -3.77. The third-order valence-corrected chi connectivity index (χ3v) is 8.90. The molecule has 5 rings (SSSR count). The quantitative estimate of drug-likeness (QED) is 0.0796. The lowest BCUT2D eigenvalue weighted by molar-refractivity contribution is -0.274. The molecule has 0 saturated carbocycles.